The van der Waals surface area contributed by atoms with Gasteiger partial charge in [-0.3, -0.25) is 9.59 Å². The number of carbonyl (C=O) groups excluding carboxylic acids is 2. The van der Waals surface area contributed by atoms with Crippen LogP contribution in [0.1, 0.15) is 44.9 Å². The Morgan fingerprint density at radius 2 is 2.00 bits per heavy atom. The predicted octanol–water partition coefficient (Wildman–Crippen LogP) is 2.63. The molecule has 2 aliphatic rings. The molecule has 0 saturated carbocycles. The van der Waals surface area contributed by atoms with E-state index < -0.39 is 0 Å². The molecule has 1 aromatic carbocycles. The van der Waals surface area contributed by atoms with Crippen molar-refractivity contribution < 1.29 is 9.59 Å². The summed E-state index contributed by atoms with van der Waals surface area (Å²) in [4.78, 5) is 34.3. The molecular formula is C21H28N4O2. The van der Waals surface area contributed by atoms with Crippen molar-refractivity contribution in [1.29, 1.82) is 0 Å². The molecule has 6 heteroatoms. The number of nitrogens with zero attached hydrogens (tertiary/aromatic N) is 4. The minimum atomic E-state index is -0.361. The van der Waals surface area contributed by atoms with Gasteiger partial charge in [-0.15, -0.1) is 0 Å². The Hall–Kier alpha value is -2.37. The Morgan fingerprint density at radius 1 is 1.22 bits per heavy atom. The fourth-order valence-electron chi connectivity index (χ4n) is 4.67. The molecular weight excluding hydrogens is 340 g/mol. The lowest BCUT2D eigenvalue weighted by Gasteiger charge is -2.37. The minimum Gasteiger partial charge on any atom is -0.345 e. The largest absolute Gasteiger partial charge is 0.345 e. The Kier molecular flexibility index (Phi) is 4.44. The fraction of sp³-hybridized carbons (Fsp3) is 0.571. The van der Waals surface area contributed by atoms with E-state index >= 15 is 0 Å². The van der Waals surface area contributed by atoms with Crippen molar-refractivity contribution in [3.8, 4) is 0 Å². The second kappa shape index (κ2) is 6.66. The van der Waals surface area contributed by atoms with E-state index in [-0.39, 0.29) is 29.7 Å². The molecule has 0 aliphatic carbocycles. The Balaban J connectivity index is 1.56. The molecule has 0 bridgehead atoms. The summed E-state index contributed by atoms with van der Waals surface area (Å²) in [6.07, 6.45) is 2.70. The highest BCUT2D eigenvalue weighted by Gasteiger charge is 2.48. The summed E-state index contributed by atoms with van der Waals surface area (Å²) in [5.41, 5.74) is 1.56. The molecule has 0 N–H and O–H groups in total. The van der Waals surface area contributed by atoms with Crippen molar-refractivity contribution >= 4 is 22.8 Å². The average Bonchev–Trinajstić information content (AvgIpc) is 3.23. The van der Waals surface area contributed by atoms with E-state index in [1.54, 1.807) is 0 Å². The van der Waals surface area contributed by atoms with Crippen molar-refractivity contribution in [2.24, 2.45) is 5.41 Å². The third-order valence-corrected chi connectivity index (χ3v) is 6.15. The molecule has 2 amide bonds. The Morgan fingerprint density at radius 3 is 2.78 bits per heavy atom. The lowest BCUT2D eigenvalue weighted by atomic mass is 9.78. The van der Waals surface area contributed by atoms with Gasteiger partial charge in [-0.2, -0.15) is 0 Å². The zero-order valence-corrected chi connectivity index (χ0v) is 16.4. The quantitative estimate of drug-likeness (QED) is 0.837. The van der Waals surface area contributed by atoms with Gasteiger partial charge in [0.1, 0.15) is 12.4 Å². The van der Waals surface area contributed by atoms with Crippen LogP contribution in [0.5, 0.6) is 0 Å². The number of amides is 2. The molecule has 144 valence electrons. The highest BCUT2D eigenvalue weighted by atomic mass is 16.2. The lowest BCUT2D eigenvalue weighted by molar-refractivity contribution is -0.144. The van der Waals surface area contributed by atoms with Gasteiger partial charge < -0.3 is 14.4 Å². The van der Waals surface area contributed by atoms with E-state index in [2.05, 4.69) is 13.8 Å². The van der Waals surface area contributed by atoms with Crippen molar-refractivity contribution in [1.82, 2.24) is 19.4 Å². The number of aromatic nitrogens is 2. The molecule has 1 spiro atoms. The van der Waals surface area contributed by atoms with Crippen molar-refractivity contribution in [2.75, 3.05) is 26.7 Å². The number of carbonyl (C=O) groups is 2. The number of hydrogen-bond donors (Lipinski definition) is 0. The maximum absolute atomic E-state index is 13.1. The normalized spacial score (nSPS) is 23.2. The zero-order valence-electron chi connectivity index (χ0n) is 16.4. The van der Waals surface area contributed by atoms with Crippen molar-refractivity contribution in [3.63, 3.8) is 0 Å². The summed E-state index contributed by atoms with van der Waals surface area (Å²) in [7, 11) is 1.88. The van der Waals surface area contributed by atoms with Gasteiger partial charge in [0.2, 0.25) is 11.8 Å². The first-order valence-electron chi connectivity index (χ1n) is 9.90. The van der Waals surface area contributed by atoms with Crippen LogP contribution < -0.4 is 0 Å². The van der Waals surface area contributed by atoms with Crippen LogP contribution in [0.2, 0.25) is 0 Å². The molecule has 2 aliphatic heterocycles. The standard InChI is InChI=1S/C21H28N4O2/c1-15(2)19-22-16-7-4-5-8-17(16)25(19)13-18(26)24-12-10-21(14-24)9-6-11-23(3)20(21)27/h4-5,7-8,15H,6,9-14H2,1-3H3. The summed E-state index contributed by atoms with van der Waals surface area (Å²) >= 11 is 0. The third kappa shape index (κ3) is 3.01. The maximum atomic E-state index is 13.1. The molecule has 1 atom stereocenters. The number of para-hydroxylation sites is 2. The van der Waals surface area contributed by atoms with Crippen LogP contribution in [0, 0.1) is 5.41 Å². The Labute approximate surface area is 160 Å². The van der Waals surface area contributed by atoms with Gasteiger partial charge in [-0.1, -0.05) is 26.0 Å². The molecule has 1 aromatic heterocycles. The highest BCUT2D eigenvalue weighted by Crippen LogP contribution is 2.39. The van der Waals surface area contributed by atoms with E-state index in [9.17, 15) is 9.59 Å². The van der Waals surface area contributed by atoms with Crippen LogP contribution in [0.25, 0.3) is 11.0 Å². The number of imidazole rings is 1. The smallest absolute Gasteiger partial charge is 0.242 e. The highest BCUT2D eigenvalue weighted by molar-refractivity contribution is 5.86. The lowest BCUT2D eigenvalue weighted by Crippen LogP contribution is -2.48. The Bertz CT molecular complexity index is 887. The van der Waals surface area contributed by atoms with E-state index in [4.69, 9.17) is 4.98 Å². The van der Waals surface area contributed by atoms with Crippen molar-refractivity contribution in [3.05, 3.63) is 30.1 Å². The van der Waals surface area contributed by atoms with Crippen LogP contribution >= 0.6 is 0 Å². The summed E-state index contributed by atoms with van der Waals surface area (Å²) in [6, 6.07) is 7.97. The number of likely N-dealkylation sites (tertiary alicyclic amines) is 2. The summed E-state index contributed by atoms with van der Waals surface area (Å²) < 4.78 is 2.04. The number of hydrogen-bond acceptors (Lipinski definition) is 3. The van der Waals surface area contributed by atoms with Gasteiger partial charge in [-0.25, -0.2) is 4.98 Å². The molecule has 0 radical (unpaired) electrons. The van der Waals surface area contributed by atoms with Crippen molar-refractivity contribution in [2.45, 2.75) is 45.6 Å². The molecule has 4 rings (SSSR count). The summed E-state index contributed by atoms with van der Waals surface area (Å²) in [6.45, 7) is 6.54. The van der Waals surface area contributed by atoms with Crippen LogP contribution in [0.15, 0.2) is 24.3 Å². The first kappa shape index (κ1) is 18.0. The van der Waals surface area contributed by atoms with Gasteiger partial charge in [-0.05, 0) is 31.4 Å². The molecule has 1 unspecified atom stereocenters. The molecule has 27 heavy (non-hydrogen) atoms. The van der Waals surface area contributed by atoms with E-state index in [0.717, 1.165) is 42.7 Å². The summed E-state index contributed by atoms with van der Waals surface area (Å²) in [5, 5.41) is 0. The number of piperidine rings is 1. The van der Waals surface area contributed by atoms with Gasteiger partial charge in [0.15, 0.2) is 0 Å². The predicted molar refractivity (Wildman–Crippen MR) is 104 cm³/mol. The van der Waals surface area contributed by atoms with Gasteiger partial charge in [0.05, 0.1) is 16.4 Å². The van der Waals surface area contributed by atoms with E-state index in [1.165, 1.54) is 0 Å². The maximum Gasteiger partial charge on any atom is 0.242 e. The second-order valence-electron chi connectivity index (χ2n) is 8.38. The number of benzene rings is 1. The average molecular weight is 368 g/mol. The topological polar surface area (TPSA) is 58.4 Å². The molecule has 2 fully saturated rings. The van der Waals surface area contributed by atoms with Gasteiger partial charge in [0.25, 0.3) is 0 Å². The van der Waals surface area contributed by atoms with Gasteiger partial charge >= 0.3 is 0 Å². The summed E-state index contributed by atoms with van der Waals surface area (Å²) in [5.74, 6) is 1.47. The molecule has 6 nitrogen and oxygen atoms in total. The van der Waals surface area contributed by atoms with Crippen LogP contribution in [0.4, 0.5) is 0 Å². The van der Waals surface area contributed by atoms with E-state index in [0.29, 0.717) is 13.1 Å². The third-order valence-electron chi connectivity index (χ3n) is 6.15. The molecule has 3 heterocycles. The molecule has 2 saturated heterocycles. The number of fused-ring (bicyclic) bond motifs is 1. The fourth-order valence-corrected chi connectivity index (χ4v) is 4.67. The van der Waals surface area contributed by atoms with Crippen LogP contribution in [-0.4, -0.2) is 57.8 Å². The van der Waals surface area contributed by atoms with E-state index in [1.807, 2.05) is 45.7 Å². The van der Waals surface area contributed by atoms with Gasteiger partial charge in [0, 0.05) is 32.6 Å². The van der Waals surface area contributed by atoms with Crippen LogP contribution in [-0.2, 0) is 16.1 Å². The van der Waals surface area contributed by atoms with Crippen LogP contribution in [0.3, 0.4) is 0 Å². The second-order valence-corrected chi connectivity index (χ2v) is 8.38. The monoisotopic (exact) mass is 368 g/mol. The first-order chi connectivity index (χ1) is 12.9. The first-order valence-corrected chi connectivity index (χ1v) is 9.90. The number of rotatable bonds is 3. The zero-order chi connectivity index (χ0) is 19.2. The minimum absolute atomic E-state index is 0.0814. The SMILES string of the molecule is CC(C)c1nc2ccccc2n1CC(=O)N1CCC2(CCCN(C)C2=O)C1. The molecule has 2 aromatic rings.